The van der Waals surface area contributed by atoms with Gasteiger partial charge in [0.2, 0.25) is 0 Å². The van der Waals surface area contributed by atoms with Crippen molar-refractivity contribution in [3.05, 3.63) is 55.7 Å². The Kier molecular flexibility index (Phi) is 9.64. The van der Waals surface area contributed by atoms with Gasteiger partial charge in [0.05, 0.1) is 12.7 Å². The SMILES string of the molecule is CC1(C)OCC(COC(=O)c2ccc(CCCC3C(Cl)CC(O)C3CCc3cc(Cl)cc(Cl)c3)s2)O1. The van der Waals surface area contributed by atoms with Crippen molar-refractivity contribution in [1.29, 1.82) is 0 Å². The van der Waals surface area contributed by atoms with Crippen LogP contribution >= 0.6 is 46.1 Å². The maximum Gasteiger partial charge on any atom is 0.348 e. The van der Waals surface area contributed by atoms with Crippen LogP contribution in [0, 0.1) is 11.8 Å². The minimum atomic E-state index is -0.632. The number of carbonyl (C=O) groups is 1. The molecule has 5 unspecified atom stereocenters. The molecule has 2 fully saturated rings. The van der Waals surface area contributed by atoms with E-state index in [0.717, 1.165) is 42.5 Å². The number of thiophene rings is 1. The lowest BCUT2D eigenvalue weighted by Crippen LogP contribution is -2.25. The van der Waals surface area contributed by atoms with Crippen molar-refractivity contribution in [2.24, 2.45) is 11.8 Å². The number of aliphatic hydroxyl groups excluding tert-OH is 1. The summed E-state index contributed by atoms with van der Waals surface area (Å²) in [6, 6.07) is 9.39. The molecule has 1 saturated carbocycles. The number of alkyl halides is 1. The van der Waals surface area contributed by atoms with E-state index in [1.54, 1.807) is 6.07 Å². The fourth-order valence-corrected chi connectivity index (χ4v) is 7.25. The van der Waals surface area contributed by atoms with Gasteiger partial charge in [-0.2, -0.15) is 0 Å². The zero-order valence-corrected chi connectivity index (χ0v) is 23.6. The van der Waals surface area contributed by atoms with E-state index in [4.69, 9.17) is 49.0 Å². The first-order chi connectivity index (χ1) is 17.1. The Bertz CT molecular complexity index is 1020. The topological polar surface area (TPSA) is 65.0 Å². The van der Waals surface area contributed by atoms with Crippen LogP contribution in [0.4, 0.5) is 0 Å². The highest BCUT2D eigenvalue weighted by molar-refractivity contribution is 7.13. The molecule has 0 amide bonds. The Balaban J connectivity index is 1.24. The Hall–Kier alpha value is -0.860. The molecule has 2 heterocycles. The minimum absolute atomic E-state index is 0.0337. The standard InChI is InChI=1S/C27H33Cl3O5S/c1-27(2)34-15-19(35-27)14-33-26(32)25-9-7-20(36-25)4-3-5-21-22(24(31)13-23(21)30)8-6-16-10-17(28)12-18(29)11-16/h7,9-12,19,21-24,31H,3-6,8,13-15H2,1-2H3. The first kappa shape index (κ1) is 28.2. The first-order valence-corrected chi connectivity index (χ1v) is 14.5. The van der Waals surface area contributed by atoms with Crippen molar-refractivity contribution in [1.82, 2.24) is 0 Å². The summed E-state index contributed by atoms with van der Waals surface area (Å²) in [6.07, 6.45) is 4.36. The molecule has 2 aliphatic rings. The molecule has 1 aliphatic heterocycles. The van der Waals surface area contributed by atoms with Crippen molar-refractivity contribution < 1.29 is 24.1 Å². The Labute approximate surface area is 232 Å². The third-order valence-corrected chi connectivity index (χ3v) is 9.02. The highest BCUT2D eigenvalue weighted by Crippen LogP contribution is 2.42. The third kappa shape index (κ3) is 7.59. The number of carbonyl (C=O) groups excluding carboxylic acids is 1. The molecule has 5 atom stereocenters. The van der Waals surface area contributed by atoms with Gasteiger partial charge in [0, 0.05) is 20.3 Å². The normalized spacial score (nSPS) is 27.4. The zero-order chi connectivity index (χ0) is 25.9. The first-order valence-electron chi connectivity index (χ1n) is 12.4. The van der Waals surface area contributed by atoms with Gasteiger partial charge in [-0.25, -0.2) is 4.79 Å². The summed E-state index contributed by atoms with van der Waals surface area (Å²) in [5.41, 5.74) is 1.07. The lowest BCUT2D eigenvalue weighted by Gasteiger charge is -2.23. The molecule has 1 aromatic carbocycles. The molecule has 1 saturated heterocycles. The van der Waals surface area contributed by atoms with E-state index >= 15 is 0 Å². The van der Waals surface area contributed by atoms with Crippen molar-refractivity contribution in [3.63, 3.8) is 0 Å². The molecule has 1 aliphatic carbocycles. The Morgan fingerprint density at radius 1 is 1.14 bits per heavy atom. The number of aliphatic hydroxyl groups is 1. The third-order valence-electron chi connectivity index (χ3n) is 6.96. The maximum absolute atomic E-state index is 12.4. The van der Waals surface area contributed by atoms with Crippen LogP contribution in [0.25, 0.3) is 0 Å². The van der Waals surface area contributed by atoms with Crippen LogP contribution in [0.3, 0.4) is 0 Å². The lowest BCUT2D eigenvalue weighted by atomic mass is 9.85. The smallest absolute Gasteiger partial charge is 0.348 e. The van der Waals surface area contributed by atoms with E-state index < -0.39 is 11.9 Å². The summed E-state index contributed by atoms with van der Waals surface area (Å²) in [5.74, 6) is -0.572. The predicted octanol–water partition coefficient (Wildman–Crippen LogP) is 6.92. The Morgan fingerprint density at radius 2 is 1.89 bits per heavy atom. The van der Waals surface area contributed by atoms with Gasteiger partial charge in [-0.05, 0) is 100 Å². The van der Waals surface area contributed by atoms with E-state index in [1.165, 1.54) is 11.3 Å². The number of hydrogen-bond donors (Lipinski definition) is 1. The number of ether oxygens (including phenoxy) is 3. The fourth-order valence-electron chi connectivity index (χ4n) is 5.24. The van der Waals surface area contributed by atoms with Crippen LogP contribution in [0.1, 0.15) is 59.6 Å². The molecule has 1 N–H and O–H groups in total. The highest BCUT2D eigenvalue weighted by Gasteiger charge is 2.40. The molecule has 0 radical (unpaired) electrons. The highest BCUT2D eigenvalue weighted by atomic mass is 35.5. The molecule has 1 aromatic heterocycles. The number of hydrogen-bond acceptors (Lipinski definition) is 6. The van der Waals surface area contributed by atoms with Gasteiger partial charge in [-0.15, -0.1) is 22.9 Å². The van der Waals surface area contributed by atoms with Crippen LogP contribution in [0.15, 0.2) is 30.3 Å². The summed E-state index contributed by atoms with van der Waals surface area (Å²) in [4.78, 5) is 14.2. The fraction of sp³-hybridized carbons (Fsp3) is 0.593. The van der Waals surface area contributed by atoms with E-state index in [1.807, 2.05) is 38.1 Å². The second-order valence-electron chi connectivity index (χ2n) is 10.2. The molecule has 5 nitrogen and oxygen atoms in total. The second kappa shape index (κ2) is 12.3. The van der Waals surface area contributed by atoms with E-state index in [2.05, 4.69) is 0 Å². The van der Waals surface area contributed by atoms with Crippen molar-refractivity contribution >= 4 is 52.1 Å². The zero-order valence-electron chi connectivity index (χ0n) is 20.6. The van der Waals surface area contributed by atoms with Crippen molar-refractivity contribution in [2.45, 2.75) is 75.7 Å². The van der Waals surface area contributed by atoms with Crippen LogP contribution in [0.5, 0.6) is 0 Å². The van der Waals surface area contributed by atoms with Crippen molar-refractivity contribution in [2.75, 3.05) is 13.2 Å². The maximum atomic E-state index is 12.4. The van der Waals surface area contributed by atoms with Crippen LogP contribution in [-0.4, -0.2) is 47.7 Å². The number of esters is 1. The molecule has 4 rings (SSSR count). The summed E-state index contributed by atoms with van der Waals surface area (Å²) in [6.45, 7) is 4.29. The van der Waals surface area contributed by atoms with Gasteiger partial charge in [0.1, 0.15) is 17.6 Å². The van der Waals surface area contributed by atoms with E-state index in [9.17, 15) is 9.90 Å². The molecule has 0 spiro atoms. The average Bonchev–Trinajstić information content (AvgIpc) is 3.48. The van der Waals surface area contributed by atoms with Gasteiger partial charge in [0.25, 0.3) is 0 Å². The van der Waals surface area contributed by atoms with Gasteiger partial charge in [-0.3, -0.25) is 0 Å². The molecule has 2 aromatic rings. The molecule has 198 valence electrons. The lowest BCUT2D eigenvalue weighted by molar-refractivity contribution is -0.142. The van der Waals surface area contributed by atoms with Gasteiger partial charge < -0.3 is 19.3 Å². The molecular weight excluding hydrogens is 543 g/mol. The van der Waals surface area contributed by atoms with Gasteiger partial charge in [-0.1, -0.05) is 23.2 Å². The summed E-state index contributed by atoms with van der Waals surface area (Å²) < 4.78 is 16.6. The molecule has 0 bridgehead atoms. The molecular formula is C27H33Cl3O5S. The van der Waals surface area contributed by atoms with Gasteiger partial charge >= 0.3 is 5.97 Å². The number of halogens is 3. The Morgan fingerprint density at radius 3 is 2.58 bits per heavy atom. The van der Waals surface area contributed by atoms with Crippen LogP contribution in [-0.2, 0) is 27.1 Å². The summed E-state index contributed by atoms with van der Waals surface area (Å²) >= 11 is 20.4. The van der Waals surface area contributed by atoms with E-state index in [-0.39, 0.29) is 35.9 Å². The molecule has 36 heavy (non-hydrogen) atoms. The molecule has 9 heteroatoms. The van der Waals surface area contributed by atoms with Crippen LogP contribution < -0.4 is 0 Å². The number of benzene rings is 1. The predicted molar refractivity (Wildman–Crippen MR) is 144 cm³/mol. The number of rotatable bonds is 10. The average molecular weight is 576 g/mol. The van der Waals surface area contributed by atoms with Crippen LogP contribution in [0.2, 0.25) is 10.0 Å². The monoisotopic (exact) mass is 574 g/mol. The minimum Gasteiger partial charge on any atom is -0.459 e. The van der Waals surface area contributed by atoms with Gasteiger partial charge in [0.15, 0.2) is 5.79 Å². The quantitative estimate of drug-likeness (QED) is 0.246. The second-order valence-corrected chi connectivity index (χ2v) is 12.8. The largest absolute Gasteiger partial charge is 0.459 e. The number of aryl methyl sites for hydroxylation is 2. The van der Waals surface area contributed by atoms with Crippen molar-refractivity contribution in [3.8, 4) is 0 Å². The van der Waals surface area contributed by atoms with E-state index in [0.29, 0.717) is 28.0 Å². The summed E-state index contributed by atoms with van der Waals surface area (Å²) in [7, 11) is 0. The summed E-state index contributed by atoms with van der Waals surface area (Å²) in [5, 5.41) is 11.9.